The van der Waals surface area contributed by atoms with E-state index in [4.69, 9.17) is 11.6 Å². The van der Waals surface area contributed by atoms with E-state index in [-0.39, 0.29) is 17.0 Å². The summed E-state index contributed by atoms with van der Waals surface area (Å²) in [6, 6.07) is 9.75. The van der Waals surface area contributed by atoms with Crippen LogP contribution in [0.3, 0.4) is 0 Å². The molecule has 0 heterocycles. The van der Waals surface area contributed by atoms with Gasteiger partial charge in [0.05, 0.1) is 11.1 Å². The van der Waals surface area contributed by atoms with E-state index < -0.39 is 9.84 Å². The van der Waals surface area contributed by atoms with Gasteiger partial charge in [0.25, 0.3) is 0 Å². The van der Waals surface area contributed by atoms with Gasteiger partial charge in [-0.05, 0) is 17.9 Å². The molecule has 0 aromatic heterocycles. The molecule has 0 spiro atoms. The van der Waals surface area contributed by atoms with E-state index in [1.54, 1.807) is 0 Å². The number of hydrogen-bond donors (Lipinski definition) is 0. The molecule has 90 valence electrons. The number of alkyl halides is 1. The van der Waals surface area contributed by atoms with Crippen LogP contribution in [0, 0.1) is 5.92 Å². The molecule has 1 rings (SSSR count). The van der Waals surface area contributed by atoms with Gasteiger partial charge in [0.15, 0.2) is 0 Å². The lowest BCUT2D eigenvalue weighted by Crippen LogP contribution is -2.11. The van der Waals surface area contributed by atoms with Crippen molar-refractivity contribution < 1.29 is 8.42 Å². The molecule has 2 unspecified atom stereocenters. The Balaban J connectivity index is 2.58. The topological polar surface area (TPSA) is 34.1 Å². The van der Waals surface area contributed by atoms with Crippen LogP contribution in [0.25, 0.3) is 0 Å². The van der Waals surface area contributed by atoms with E-state index in [0.717, 1.165) is 5.56 Å². The highest BCUT2D eigenvalue weighted by Gasteiger charge is 2.17. The minimum Gasteiger partial charge on any atom is -0.229 e. The molecular weight excluding hydrogens is 244 g/mol. The van der Waals surface area contributed by atoms with Gasteiger partial charge in [-0.1, -0.05) is 37.3 Å². The molecule has 0 saturated heterocycles. The highest BCUT2D eigenvalue weighted by atomic mass is 35.5. The predicted octanol–water partition coefficient (Wildman–Crippen LogP) is 3.04. The zero-order valence-corrected chi connectivity index (χ0v) is 11.1. The van der Waals surface area contributed by atoms with Crippen LogP contribution >= 0.6 is 11.6 Å². The van der Waals surface area contributed by atoms with E-state index in [1.807, 2.05) is 37.3 Å². The lowest BCUT2D eigenvalue weighted by atomic mass is 9.98. The third-order valence-electron chi connectivity index (χ3n) is 2.56. The van der Waals surface area contributed by atoms with Crippen molar-refractivity contribution in [3.8, 4) is 0 Å². The monoisotopic (exact) mass is 260 g/mol. The average Bonchev–Trinajstić information content (AvgIpc) is 2.25. The first-order valence-electron chi connectivity index (χ1n) is 5.27. The van der Waals surface area contributed by atoms with E-state index in [0.29, 0.717) is 6.42 Å². The molecule has 1 aromatic rings. The largest absolute Gasteiger partial charge is 0.229 e. The second-order valence-electron chi connectivity index (χ2n) is 4.21. The summed E-state index contributed by atoms with van der Waals surface area (Å²) in [7, 11) is -2.89. The third kappa shape index (κ3) is 4.54. The van der Waals surface area contributed by atoms with Gasteiger partial charge in [-0.15, -0.1) is 11.6 Å². The van der Waals surface area contributed by atoms with Crippen molar-refractivity contribution in [1.29, 1.82) is 0 Å². The minimum atomic E-state index is -2.89. The molecule has 16 heavy (non-hydrogen) atoms. The Hall–Kier alpha value is -0.540. The van der Waals surface area contributed by atoms with Gasteiger partial charge in [0.1, 0.15) is 9.84 Å². The summed E-state index contributed by atoms with van der Waals surface area (Å²) >= 11 is 6.29. The highest BCUT2D eigenvalue weighted by Crippen LogP contribution is 2.30. The normalized spacial score (nSPS) is 15.7. The first-order chi connectivity index (χ1) is 7.40. The fourth-order valence-corrected chi connectivity index (χ4v) is 2.58. The van der Waals surface area contributed by atoms with Crippen molar-refractivity contribution in [3.05, 3.63) is 35.9 Å². The molecule has 0 N–H and O–H groups in total. The summed E-state index contributed by atoms with van der Waals surface area (Å²) in [6.07, 6.45) is 1.85. The summed E-state index contributed by atoms with van der Waals surface area (Å²) in [4.78, 5) is 0. The number of hydrogen-bond acceptors (Lipinski definition) is 2. The van der Waals surface area contributed by atoms with Crippen LogP contribution in [0.15, 0.2) is 30.3 Å². The second-order valence-corrected chi connectivity index (χ2v) is 6.94. The molecule has 0 saturated carbocycles. The maximum Gasteiger partial charge on any atom is 0.147 e. The van der Waals surface area contributed by atoms with E-state index in [9.17, 15) is 8.42 Å². The number of benzene rings is 1. The fourth-order valence-electron chi connectivity index (χ4n) is 1.51. The quantitative estimate of drug-likeness (QED) is 0.763. The number of halogens is 1. The molecule has 0 aliphatic rings. The Morgan fingerprint density at radius 2 is 1.81 bits per heavy atom. The molecule has 0 aliphatic carbocycles. The van der Waals surface area contributed by atoms with Crippen molar-refractivity contribution in [1.82, 2.24) is 0 Å². The lowest BCUT2D eigenvalue weighted by molar-refractivity contribution is 0.532. The van der Waals surface area contributed by atoms with Crippen molar-refractivity contribution in [2.45, 2.75) is 18.7 Å². The molecule has 0 fully saturated rings. The Labute approximate surface area is 103 Å². The zero-order chi connectivity index (χ0) is 12.2. The smallest absolute Gasteiger partial charge is 0.147 e. The van der Waals surface area contributed by atoms with Crippen molar-refractivity contribution in [2.24, 2.45) is 5.92 Å². The molecule has 0 aliphatic heterocycles. The number of sulfone groups is 1. The summed E-state index contributed by atoms with van der Waals surface area (Å²) < 4.78 is 22.1. The lowest BCUT2D eigenvalue weighted by Gasteiger charge is -2.17. The maximum absolute atomic E-state index is 11.1. The van der Waals surface area contributed by atoms with Gasteiger partial charge in [0, 0.05) is 6.26 Å². The first-order valence-corrected chi connectivity index (χ1v) is 7.76. The van der Waals surface area contributed by atoms with Gasteiger partial charge in [-0.3, -0.25) is 0 Å². The number of rotatable bonds is 5. The van der Waals surface area contributed by atoms with Crippen LogP contribution < -0.4 is 0 Å². The Kier molecular flexibility index (Phi) is 4.81. The van der Waals surface area contributed by atoms with Crippen LogP contribution in [-0.4, -0.2) is 20.4 Å². The Morgan fingerprint density at radius 1 is 1.25 bits per heavy atom. The SMILES string of the molecule is CC(CCS(C)(=O)=O)C(Cl)c1ccccc1. The minimum absolute atomic E-state index is 0.122. The Morgan fingerprint density at radius 3 is 2.31 bits per heavy atom. The van der Waals surface area contributed by atoms with Crippen LogP contribution in [0.1, 0.15) is 24.3 Å². The van der Waals surface area contributed by atoms with Crippen molar-refractivity contribution >= 4 is 21.4 Å². The van der Waals surface area contributed by atoms with Crippen molar-refractivity contribution in [3.63, 3.8) is 0 Å². The van der Waals surface area contributed by atoms with Gasteiger partial charge < -0.3 is 0 Å². The molecule has 0 bridgehead atoms. The van der Waals surface area contributed by atoms with Crippen LogP contribution in [-0.2, 0) is 9.84 Å². The fraction of sp³-hybridized carbons (Fsp3) is 0.500. The molecule has 2 atom stereocenters. The van der Waals surface area contributed by atoms with E-state index in [1.165, 1.54) is 6.26 Å². The molecule has 0 amide bonds. The van der Waals surface area contributed by atoms with Gasteiger partial charge in [0.2, 0.25) is 0 Å². The highest BCUT2D eigenvalue weighted by molar-refractivity contribution is 7.90. The van der Waals surface area contributed by atoms with Crippen LogP contribution in [0.5, 0.6) is 0 Å². The molecule has 4 heteroatoms. The summed E-state index contributed by atoms with van der Waals surface area (Å²) in [5.74, 6) is 0.350. The zero-order valence-electron chi connectivity index (χ0n) is 9.56. The molecular formula is C12H17ClO2S. The maximum atomic E-state index is 11.1. The molecule has 1 aromatic carbocycles. The summed E-state index contributed by atoms with van der Waals surface area (Å²) in [6.45, 7) is 1.98. The van der Waals surface area contributed by atoms with Gasteiger partial charge in [-0.2, -0.15) is 0 Å². The summed E-state index contributed by atoms with van der Waals surface area (Å²) in [5.41, 5.74) is 1.05. The van der Waals surface area contributed by atoms with Crippen LogP contribution in [0.2, 0.25) is 0 Å². The second kappa shape index (κ2) is 5.69. The van der Waals surface area contributed by atoms with Crippen LogP contribution in [0.4, 0.5) is 0 Å². The summed E-state index contributed by atoms with van der Waals surface area (Å²) in [5, 5.41) is -0.122. The predicted molar refractivity (Wildman–Crippen MR) is 68.5 cm³/mol. The van der Waals surface area contributed by atoms with Gasteiger partial charge in [-0.25, -0.2) is 8.42 Å². The van der Waals surface area contributed by atoms with Gasteiger partial charge >= 0.3 is 0 Å². The first kappa shape index (κ1) is 13.5. The average molecular weight is 261 g/mol. The standard InChI is InChI=1S/C12H17ClO2S/c1-10(8-9-16(2,14)15)12(13)11-6-4-3-5-7-11/h3-7,10,12H,8-9H2,1-2H3. The Bertz CT molecular complexity index is 414. The molecule has 2 nitrogen and oxygen atoms in total. The van der Waals surface area contributed by atoms with E-state index in [2.05, 4.69) is 0 Å². The molecule has 0 radical (unpaired) electrons. The van der Waals surface area contributed by atoms with E-state index >= 15 is 0 Å². The third-order valence-corrected chi connectivity index (χ3v) is 4.22. The van der Waals surface area contributed by atoms with Crippen molar-refractivity contribution in [2.75, 3.05) is 12.0 Å².